The highest BCUT2D eigenvalue weighted by atomic mass is 32.2. The molecule has 0 unspecified atom stereocenters. The van der Waals surface area contributed by atoms with Gasteiger partial charge in [0.05, 0.1) is 25.3 Å². The highest BCUT2D eigenvalue weighted by Gasteiger charge is 2.30. The lowest BCUT2D eigenvalue weighted by Gasteiger charge is -2.16. The van der Waals surface area contributed by atoms with Crippen LogP contribution in [0.2, 0.25) is 0 Å². The average Bonchev–Trinajstić information content (AvgIpc) is 3.02. The number of rotatable bonds is 9. The van der Waals surface area contributed by atoms with Crippen LogP contribution in [0.4, 0.5) is 5.69 Å². The molecule has 0 aliphatic carbocycles. The number of aromatic hydroxyl groups is 1. The Morgan fingerprint density at radius 2 is 1.78 bits per heavy atom. The first-order chi connectivity index (χ1) is 15.1. The summed E-state index contributed by atoms with van der Waals surface area (Å²) < 4.78 is 64.2. The number of methoxy groups -OCH3 is 2. The highest BCUT2D eigenvalue weighted by molar-refractivity contribution is 7.91. The van der Waals surface area contributed by atoms with Gasteiger partial charge in [0.15, 0.2) is 11.5 Å². The molecule has 4 N–H and O–H groups in total. The fraction of sp³-hybridized carbons (Fsp3) is 0.263. The maximum absolute atomic E-state index is 12.5. The number of ether oxygens (including phenoxy) is 2. The fourth-order valence-corrected chi connectivity index (χ4v) is 5.22. The first-order valence-corrected chi connectivity index (χ1v) is 12.3. The number of nitrogens with zero attached hydrogens (tertiary/aromatic N) is 1. The van der Waals surface area contributed by atoms with Gasteiger partial charge in [-0.2, -0.15) is 8.42 Å². The van der Waals surface area contributed by atoms with E-state index in [0.717, 1.165) is 10.5 Å². The number of sulfonamides is 1. The van der Waals surface area contributed by atoms with E-state index < -0.39 is 26.1 Å². The van der Waals surface area contributed by atoms with Gasteiger partial charge in [0, 0.05) is 12.6 Å². The molecule has 0 radical (unpaired) electrons. The maximum atomic E-state index is 12.5. The number of aryl methyl sites for hydroxylation is 1. The smallest absolute Gasteiger partial charge is 0.330 e. The Balaban J connectivity index is 1.61. The summed E-state index contributed by atoms with van der Waals surface area (Å²) in [5.41, 5.74) is 0.647. The van der Waals surface area contributed by atoms with Crippen molar-refractivity contribution in [1.82, 2.24) is 9.44 Å². The van der Waals surface area contributed by atoms with Crippen molar-refractivity contribution in [3.8, 4) is 17.2 Å². The van der Waals surface area contributed by atoms with Crippen LogP contribution in [0.5, 0.6) is 17.2 Å². The summed E-state index contributed by atoms with van der Waals surface area (Å²) in [5.74, 6) is -0.151. The predicted molar refractivity (Wildman–Crippen MR) is 116 cm³/mol. The Morgan fingerprint density at radius 3 is 2.38 bits per heavy atom. The van der Waals surface area contributed by atoms with E-state index in [1.165, 1.54) is 44.6 Å². The van der Waals surface area contributed by atoms with Crippen molar-refractivity contribution in [1.29, 1.82) is 0 Å². The topological polar surface area (TPSA) is 154 Å². The quantitative estimate of drug-likeness (QED) is 0.388. The van der Waals surface area contributed by atoms with E-state index in [0.29, 0.717) is 29.9 Å². The number of nitrogens with one attached hydrogen (secondary N) is 2. The number of aliphatic hydroxyl groups excluding tert-OH is 1. The minimum absolute atomic E-state index is 0.0283. The van der Waals surface area contributed by atoms with Gasteiger partial charge in [-0.1, -0.05) is 6.07 Å². The molecule has 11 nitrogen and oxygen atoms in total. The molecular weight excluding hydrogens is 462 g/mol. The Labute approximate surface area is 186 Å². The normalized spacial score (nSPS) is 15.2. The van der Waals surface area contributed by atoms with Gasteiger partial charge in [-0.05, 0) is 42.7 Å². The molecule has 0 saturated heterocycles. The lowest BCUT2D eigenvalue weighted by Crippen LogP contribution is -2.29. The Bertz CT molecular complexity index is 1240. The molecule has 1 aliphatic heterocycles. The molecule has 1 aliphatic rings. The Morgan fingerprint density at radius 1 is 1.06 bits per heavy atom. The molecule has 0 atom stereocenters. The number of hydrogen-bond donors (Lipinski definition) is 4. The van der Waals surface area contributed by atoms with E-state index in [2.05, 4.69) is 4.72 Å². The van der Waals surface area contributed by atoms with Crippen LogP contribution in [0.25, 0.3) is 0 Å². The molecule has 0 saturated carbocycles. The van der Waals surface area contributed by atoms with Gasteiger partial charge in [-0.3, -0.25) is 0 Å². The van der Waals surface area contributed by atoms with E-state index >= 15 is 0 Å². The van der Waals surface area contributed by atoms with E-state index in [-0.39, 0.29) is 22.9 Å². The van der Waals surface area contributed by atoms with Crippen molar-refractivity contribution in [3.63, 3.8) is 0 Å². The van der Waals surface area contributed by atoms with Crippen LogP contribution < -0.4 is 23.2 Å². The fourth-order valence-electron chi connectivity index (χ4n) is 3.06. The molecule has 1 heterocycles. The third kappa shape index (κ3) is 5.00. The zero-order valence-electron chi connectivity index (χ0n) is 17.3. The molecule has 32 heavy (non-hydrogen) atoms. The van der Waals surface area contributed by atoms with Gasteiger partial charge < -0.3 is 19.7 Å². The third-order valence-corrected chi connectivity index (χ3v) is 7.35. The molecule has 0 amide bonds. The molecule has 174 valence electrons. The summed E-state index contributed by atoms with van der Waals surface area (Å²) in [6.07, 6.45) is 1.79. The minimum Gasteiger partial charge on any atom is -0.506 e. The standard InChI is InChI=1S/C19H23N3O8S2/c1-29-17-8-6-14(11-18(17)30-2)31(25,26)20-9-3-4-13-5-7-15(16(23)10-13)22-12-19(24)21-32(22,27)28/h5-8,10-12,20-21,23-24H,3-4,9H2,1-2H3. The third-order valence-electron chi connectivity index (χ3n) is 4.61. The van der Waals surface area contributed by atoms with E-state index in [4.69, 9.17) is 9.47 Å². The average molecular weight is 486 g/mol. The number of hydrogen-bond acceptors (Lipinski definition) is 8. The number of benzene rings is 2. The van der Waals surface area contributed by atoms with Crippen molar-refractivity contribution in [2.45, 2.75) is 17.7 Å². The predicted octanol–water partition coefficient (Wildman–Crippen LogP) is 1.33. The molecule has 0 bridgehead atoms. The lowest BCUT2D eigenvalue weighted by molar-refractivity contribution is 0.354. The van der Waals surface area contributed by atoms with Crippen LogP contribution in [-0.4, -0.2) is 47.8 Å². The SMILES string of the molecule is COc1ccc(S(=O)(=O)NCCCc2ccc(N3C=C(O)NS3(=O)=O)c(O)c2)cc1OC. The first kappa shape index (κ1) is 23.5. The minimum atomic E-state index is -4.01. The number of aliphatic hydroxyl groups is 1. The van der Waals surface area contributed by atoms with Crippen LogP contribution in [0.15, 0.2) is 53.4 Å². The molecular formula is C19H23N3O8S2. The summed E-state index contributed by atoms with van der Waals surface area (Å²) in [4.78, 5) is 0.0360. The van der Waals surface area contributed by atoms with E-state index in [9.17, 15) is 27.0 Å². The largest absolute Gasteiger partial charge is 0.506 e. The number of anilines is 1. The Hall–Kier alpha value is -3.16. The molecule has 0 aromatic heterocycles. The summed E-state index contributed by atoms with van der Waals surface area (Å²) >= 11 is 0. The molecule has 2 aromatic rings. The first-order valence-electron chi connectivity index (χ1n) is 9.34. The molecule has 0 spiro atoms. The second kappa shape index (κ2) is 9.14. The van der Waals surface area contributed by atoms with Crippen LogP contribution >= 0.6 is 0 Å². The number of phenols is 1. The second-order valence-electron chi connectivity index (χ2n) is 6.76. The number of phenolic OH excluding ortho intramolecular Hbond substituents is 1. The highest BCUT2D eigenvalue weighted by Crippen LogP contribution is 2.33. The summed E-state index contributed by atoms with van der Waals surface area (Å²) in [6, 6.07) is 8.67. The molecule has 0 fully saturated rings. The van der Waals surface area contributed by atoms with Crippen molar-refractivity contribution < 1.29 is 36.5 Å². The zero-order chi connectivity index (χ0) is 23.5. The van der Waals surface area contributed by atoms with Gasteiger partial charge in [0.25, 0.3) is 0 Å². The van der Waals surface area contributed by atoms with E-state index in [1.807, 2.05) is 4.72 Å². The van der Waals surface area contributed by atoms with Crippen molar-refractivity contribution in [2.75, 3.05) is 25.1 Å². The summed E-state index contributed by atoms with van der Waals surface area (Å²) in [7, 11) is -4.90. The van der Waals surface area contributed by atoms with Crippen molar-refractivity contribution in [2.24, 2.45) is 0 Å². The van der Waals surface area contributed by atoms with Crippen molar-refractivity contribution in [3.05, 3.63) is 54.0 Å². The Kier molecular flexibility index (Phi) is 6.71. The molecule has 2 aromatic carbocycles. The van der Waals surface area contributed by atoms with Crippen molar-refractivity contribution >= 4 is 25.9 Å². The van der Waals surface area contributed by atoms with E-state index in [1.54, 1.807) is 6.07 Å². The van der Waals surface area contributed by atoms with Gasteiger partial charge in [0.2, 0.25) is 15.9 Å². The monoisotopic (exact) mass is 485 g/mol. The zero-order valence-corrected chi connectivity index (χ0v) is 18.9. The van der Waals surface area contributed by atoms with Crippen LogP contribution in [0.3, 0.4) is 0 Å². The summed E-state index contributed by atoms with van der Waals surface area (Å²) in [5, 5.41) is 19.6. The van der Waals surface area contributed by atoms with Crippen LogP contribution in [0, 0.1) is 0 Å². The van der Waals surface area contributed by atoms with Gasteiger partial charge in [0.1, 0.15) is 11.4 Å². The van der Waals surface area contributed by atoms with Crippen LogP contribution in [0.1, 0.15) is 12.0 Å². The second-order valence-corrected chi connectivity index (χ2v) is 10.1. The lowest BCUT2D eigenvalue weighted by atomic mass is 10.1. The summed E-state index contributed by atoms with van der Waals surface area (Å²) in [6.45, 7) is 0.139. The van der Waals surface area contributed by atoms with Gasteiger partial charge in [-0.15, -0.1) is 0 Å². The molecule has 13 heteroatoms. The molecule has 3 rings (SSSR count). The van der Waals surface area contributed by atoms with Crippen LogP contribution in [-0.2, 0) is 26.7 Å². The van der Waals surface area contributed by atoms with Gasteiger partial charge >= 0.3 is 10.2 Å². The maximum Gasteiger partial charge on any atom is 0.330 e. The van der Waals surface area contributed by atoms with Gasteiger partial charge in [-0.25, -0.2) is 22.2 Å².